The quantitative estimate of drug-likeness (QED) is 0.386. The predicted molar refractivity (Wildman–Crippen MR) is 68.3 cm³/mol. The van der Waals surface area contributed by atoms with Crippen LogP contribution in [0.5, 0.6) is 0 Å². The van der Waals surface area contributed by atoms with E-state index in [-0.39, 0.29) is 0 Å². The Kier molecular flexibility index (Phi) is 10.2. The lowest BCUT2D eigenvalue weighted by Crippen LogP contribution is -2.04. The molecule has 0 bridgehead atoms. The van der Waals surface area contributed by atoms with Crippen LogP contribution in [0, 0.1) is 0 Å². The van der Waals surface area contributed by atoms with Crippen molar-refractivity contribution in [3.8, 4) is 0 Å². The maximum Gasteiger partial charge on any atom is 0.0198 e. The predicted octanol–water partition coefficient (Wildman–Crippen LogP) is 3.78. The molecule has 0 saturated heterocycles. The molecule has 0 aliphatic rings. The third-order valence-electron chi connectivity index (χ3n) is 1.43. The molecule has 0 heterocycles. The van der Waals surface area contributed by atoms with Gasteiger partial charge < -0.3 is 0 Å². The molecule has 0 amide bonds. The van der Waals surface area contributed by atoms with Gasteiger partial charge in [-0.05, 0) is 30.4 Å². The van der Waals surface area contributed by atoms with Crippen LogP contribution in [-0.4, -0.2) is 16.7 Å². The summed E-state index contributed by atoms with van der Waals surface area (Å²) in [6.45, 7) is 1.22. The molecule has 0 aromatic rings. The van der Waals surface area contributed by atoms with E-state index in [2.05, 4.69) is 65.8 Å². The highest BCUT2D eigenvalue weighted by molar-refractivity contribution is 14.1. The van der Waals surface area contributed by atoms with Crippen molar-refractivity contribution in [2.24, 2.45) is 0 Å². The lowest BCUT2D eigenvalue weighted by atomic mass is 10.2. The summed E-state index contributed by atoms with van der Waals surface area (Å²) in [5.41, 5.74) is 0. The van der Waals surface area contributed by atoms with E-state index in [9.17, 15) is 0 Å². The minimum Gasteiger partial charge on any atom is -0.251 e. The summed E-state index contributed by atoms with van der Waals surface area (Å²) < 4.78 is 4.31. The third-order valence-corrected chi connectivity index (χ3v) is 2.42. The maximum atomic E-state index is 2.33. The molecule has 66 valence electrons. The molecule has 0 fully saturated rings. The normalized spacial score (nSPS) is 11.6. The molecular formula is C8H15I2N. The van der Waals surface area contributed by atoms with Gasteiger partial charge >= 0.3 is 0 Å². The summed E-state index contributed by atoms with van der Waals surface area (Å²) in [7, 11) is 2.12. The van der Waals surface area contributed by atoms with Crippen molar-refractivity contribution in [1.29, 1.82) is 0 Å². The Morgan fingerprint density at radius 2 is 2.00 bits per heavy atom. The van der Waals surface area contributed by atoms with Gasteiger partial charge in [-0.25, -0.2) is 0 Å². The van der Waals surface area contributed by atoms with Gasteiger partial charge in [0.05, 0.1) is 0 Å². The minimum atomic E-state index is 1.22. The fourth-order valence-electron chi connectivity index (χ4n) is 0.832. The molecule has 0 N–H and O–H groups in total. The standard InChI is InChI=1S/C8H15I2N/c1-11(10)8-6-4-2-3-5-7-9/h5,7H,2-4,6,8H2,1H3. The van der Waals surface area contributed by atoms with Gasteiger partial charge in [-0.1, -0.05) is 35.1 Å². The van der Waals surface area contributed by atoms with E-state index in [1.54, 1.807) is 0 Å². The number of hydrogen-bond acceptors (Lipinski definition) is 1. The highest BCUT2D eigenvalue weighted by atomic mass is 127. The first-order valence-corrected chi connectivity index (χ1v) is 6.10. The van der Waals surface area contributed by atoms with Crippen molar-refractivity contribution in [1.82, 2.24) is 3.11 Å². The van der Waals surface area contributed by atoms with Gasteiger partial charge in [0.25, 0.3) is 0 Å². The Morgan fingerprint density at radius 1 is 1.27 bits per heavy atom. The number of allylic oxidation sites excluding steroid dienone is 1. The van der Waals surface area contributed by atoms with Crippen LogP contribution in [0.1, 0.15) is 25.7 Å². The van der Waals surface area contributed by atoms with Crippen LogP contribution in [-0.2, 0) is 0 Å². The van der Waals surface area contributed by atoms with E-state index in [1.807, 2.05) is 0 Å². The molecule has 0 radical (unpaired) electrons. The number of hydrogen-bond donors (Lipinski definition) is 0. The van der Waals surface area contributed by atoms with Crippen molar-refractivity contribution in [3.63, 3.8) is 0 Å². The molecular weight excluding hydrogens is 364 g/mol. The third kappa shape index (κ3) is 11.2. The van der Waals surface area contributed by atoms with Crippen LogP contribution in [0.2, 0.25) is 0 Å². The molecule has 0 spiro atoms. The first-order valence-electron chi connectivity index (χ1n) is 3.89. The lowest BCUT2D eigenvalue weighted by molar-refractivity contribution is 0.550. The Morgan fingerprint density at radius 3 is 2.55 bits per heavy atom. The Bertz CT molecular complexity index is 102. The highest BCUT2D eigenvalue weighted by Crippen LogP contribution is 2.04. The van der Waals surface area contributed by atoms with E-state index in [4.69, 9.17) is 0 Å². The van der Waals surface area contributed by atoms with Crippen molar-refractivity contribution in [2.45, 2.75) is 25.7 Å². The molecule has 0 aliphatic heterocycles. The lowest BCUT2D eigenvalue weighted by Gasteiger charge is -2.05. The second-order valence-corrected chi connectivity index (χ2v) is 4.91. The maximum absolute atomic E-state index is 2.33. The van der Waals surface area contributed by atoms with E-state index in [1.165, 1.54) is 32.2 Å². The molecule has 1 nitrogen and oxygen atoms in total. The summed E-state index contributed by atoms with van der Waals surface area (Å²) in [5, 5.41) is 0. The summed E-state index contributed by atoms with van der Waals surface area (Å²) in [6, 6.07) is 0. The average Bonchev–Trinajstić information content (AvgIpc) is 1.96. The zero-order valence-electron chi connectivity index (χ0n) is 6.89. The molecule has 0 atom stereocenters. The van der Waals surface area contributed by atoms with Crippen molar-refractivity contribution in [3.05, 3.63) is 10.2 Å². The molecule has 0 saturated carbocycles. The molecule has 0 aliphatic carbocycles. The first kappa shape index (κ1) is 12.2. The average molecular weight is 379 g/mol. The molecule has 0 aromatic carbocycles. The van der Waals surface area contributed by atoms with Gasteiger partial charge in [0.15, 0.2) is 0 Å². The van der Waals surface area contributed by atoms with E-state index >= 15 is 0 Å². The SMILES string of the molecule is CN(I)CCCCCC=CI. The Balaban J connectivity index is 2.91. The van der Waals surface area contributed by atoms with Crippen molar-refractivity contribution in [2.75, 3.05) is 13.6 Å². The molecule has 0 rings (SSSR count). The van der Waals surface area contributed by atoms with Crippen LogP contribution in [0.15, 0.2) is 10.2 Å². The summed E-state index contributed by atoms with van der Waals surface area (Å²) in [6.07, 6.45) is 7.50. The van der Waals surface area contributed by atoms with Gasteiger partial charge in [0, 0.05) is 29.4 Å². The molecule has 11 heavy (non-hydrogen) atoms. The Labute approximate surface area is 97.2 Å². The van der Waals surface area contributed by atoms with Gasteiger partial charge in [-0.15, -0.1) is 0 Å². The Hall–Kier alpha value is 1.16. The molecule has 3 heteroatoms. The van der Waals surface area contributed by atoms with Crippen LogP contribution in [0.3, 0.4) is 0 Å². The number of halogens is 2. The zero-order valence-corrected chi connectivity index (χ0v) is 11.2. The topological polar surface area (TPSA) is 3.24 Å². The fraction of sp³-hybridized carbons (Fsp3) is 0.750. The van der Waals surface area contributed by atoms with E-state index in [0.29, 0.717) is 0 Å². The van der Waals surface area contributed by atoms with Crippen molar-refractivity contribution >= 4 is 45.5 Å². The molecule has 0 aromatic heterocycles. The van der Waals surface area contributed by atoms with Crippen LogP contribution in [0.25, 0.3) is 0 Å². The van der Waals surface area contributed by atoms with Gasteiger partial charge in [0.2, 0.25) is 0 Å². The number of nitrogens with zero attached hydrogens (tertiary/aromatic N) is 1. The zero-order chi connectivity index (χ0) is 8.53. The monoisotopic (exact) mass is 379 g/mol. The van der Waals surface area contributed by atoms with Gasteiger partial charge in [-0.3, -0.25) is 3.11 Å². The number of unbranched alkanes of at least 4 members (excludes halogenated alkanes) is 3. The van der Waals surface area contributed by atoms with Crippen LogP contribution >= 0.6 is 45.5 Å². The fourth-order valence-corrected chi connectivity index (χ4v) is 1.53. The summed E-state index contributed by atoms with van der Waals surface area (Å²) in [4.78, 5) is 0. The van der Waals surface area contributed by atoms with Crippen molar-refractivity contribution < 1.29 is 0 Å². The largest absolute Gasteiger partial charge is 0.251 e. The van der Waals surface area contributed by atoms with Gasteiger partial charge in [-0.2, -0.15) is 0 Å². The number of rotatable bonds is 6. The van der Waals surface area contributed by atoms with E-state index in [0.717, 1.165) is 0 Å². The van der Waals surface area contributed by atoms with Crippen LogP contribution in [0.4, 0.5) is 0 Å². The van der Waals surface area contributed by atoms with Gasteiger partial charge in [0.1, 0.15) is 0 Å². The van der Waals surface area contributed by atoms with Crippen LogP contribution < -0.4 is 0 Å². The smallest absolute Gasteiger partial charge is 0.0198 e. The highest BCUT2D eigenvalue weighted by Gasteiger charge is 1.90. The summed E-state index contributed by atoms with van der Waals surface area (Å²) >= 11 is 4.60. The second kappa shape index (κ2) is 9.25. The first-order chi connectivity index (χ1) is 5.27. The molecule has 0 unspecified atom stereocenters. The summed E-state index contributed by atoms with van der Waals surface area (Å²) in [5.74, 6) is 0. The second-order valence-electron chi connectivity index (χ2n) is 2.54. The minimum absolute atomic E-state index is 1.22. The van der Waals surface area contributed by atoms with E-state index < -0.39 is 0 Å².